The standard InChI is InChI=1S/C15H20N2O4/c1-15(2,3)11-6-4-10(5-7-11)14(20)21-9-13(19)17-8-12(16)18/h4-7H,8-9H2,1-3H3,(H2,16,18)(H,17,19). The van der Waals surface area contributed by atoms with E-state index in [1.54, 1.807) is 12.1 Å². The highest BCUT2D eigenvalue weighted by atomic mass is 16.5. The lowest BCUT2D eigenvalue weighted by molar-refractivity contribution is -0.127. The van der Waals surface area contributed by atoms with Crippen molar-refractivity contribution in [3.05, 3.63) is 35.4 Å². The molecule has 0 radical (unpaired) electrons. The van der Waals surface area contributed by atoms with E-state index in [1.807, 2.05) is 12.1 Å². The van der Waals surface area contributed by atoms with Gasteiger partial charge in [-0.25, -0.2) is 4.79 Å². The largest absolute Gasteiger partial charge is 0.452 e. The number of hydrogen-bond acceptors (Lipinski definition) is 4. The van der Waals surface area contributed by atoms with E-state index in [1.165, 1.54) is 0 Å². The van der Waals surface area contributed by atoms with Crippen molar-refractivity contribution in [2.24, 2.45) is 5.73 Å². The predicted molar refractivity (Wildman–Crippen MR) is 77.6 cm³/mol. The fraction of sp³-hybridized carbons (Fsp3) is 0.400. The molecule has 0 atom stereocenters. The second kappa shape index (κ2) is 6.88. The molecule has 0 spiro atoms. The van der Waals surface area contributed by atoms with Crippen molar-refractivity contribution in [2.75, 3.05) is 13.2 Å². The Hall–Kier alpha value is -2.37. The summed E-state index contributed by atoms with van der Waals surface area (Å²) in [4.78, 5) is 33.5. The van der Waals surface area contributed by atoms with Crippen molar-refractivity contribution in [2.45, 2.75) is 26.2 Å². The first-order valence-corrected chi connectivity index (χ1v) is 6.53. The van der Waals surface area contributed by atoms with Gasteiger partial charge < -0.3 is 15.8 Å². The number of esters is 1. The smallest absolute Gasteiger partial charge is 0.338 e. The highest BCUT2D eigenvalue weighted by molar-refractivity contribution is 5.91. The summed E-state index contributed by atoms with van der Waals surface area (Å²) >= 11 is 0. The number of nitrogens with two attached hydrogens (primary N) is 1. The van der Waals surface area contributed by atoms with Crippen molar-refractivity contribution >= 4 is 17.8 Å². The number of hydrogen-bond donors (Lipinski definition) is 2. The first-order chi connectivity index (χ1) is 9.70. The Morgan fingerprint density at radius 3 is 2.19 bits per heavy atom. The molecule has 0 heterocycles. The van der Waals surface area contributed by atoms with E-state index in [0.717, 1.165) is 5.56 Å². The van der Waals surface area contributed by atoms with Crippen LogP contribution in [0.3, 0.4) is 0 Å². The van der Waals surface area contributed by atoms with Gasteiger partial charge >= 0.3 is 5.97 Å². The molecule has 0 fully saturated rings. The van der Waals surface area contributed by atoms with Gasteiger partial charge in [-0.1, -0.05) is 32.9 Å². The molecule has 1 aromatic rings. The summed E-state index contributed by atoms with van der Waals surface area (Å²) in [6.07, 6.45) is 0. The quantitative estimate of drug-likeness (QED) is 0.782. The normalized spacial score (nSPS) is 10.8. The van der Waals surface area contributed by atoms with Gasteiger partial charge in [-0.05, 0) is 23.1 Å². The number of carbonyl (C=O) groups excluding carboxylic acids is 3. The van der Waals surface area contributed by atoms with E-state index in [4.69, 9.17) is 10.5 Å². The SMILES string of the molecule is CC(C)(C)c1ccc(C(=O)OCC(=O)NCC(N)=O)cc1. The molecule has 3 N–H and O–H groups in total. The van der Waals surface area contributed by atoms with E-state index in [2.05, 4.69) is 26.1 Å². The second-order valence-corrected chi connectivity index (χ2v) is 5.65. The average Bonchev–Trinajstić information content (AvgIpc) is 2.41. The summed E-state index contributed by atoms with van der Waals surface area (Å²) < 4.78 is 4.84. The monoisotopic (exact) mass is 292 g/mol. The zero-order valence-electron chi connectivity index (χ0n) is 12.4. The van der Waals surface area contributed by atoms with Gasteiger partial charge in [0, 0.05) is 0 Å². The third-order valence-corrected chi connectivity index (χ3v) is 2.78. The minimum atomic E-state index is -0.660. The number of nitrogens with one attached hydrogen (secondary N) is 1. The van der Waals surface area contributed by atoms with E-state index in [9.17, 15) is 14.4 Å². The maximum atomic E-state index is 11.8. The first kappa shape index (κ1) is 16.7. The maximum Gasteiger partial charge on any atom is 0.338 e. The lowest BCUT2D eigenvalue weighted by atomic mass is 9.87. The van der Waals surface area contributed by atoms with Crippen molar-refractivity contribution in [1.82, 2.24) is 5.32 Å². The van der Waals surface area contributed by atoms with Crippen LogP contribution >= 0.6 is 0 Å². The number of benzene rings is 1. The number of rotatable bonds is 5. The molecule has 6 nitrogen and oxygen atoms in total. The first-order valence-electron chi connectivity index (χ1n) is 6.53. The van der Waals surface area contributed by atoms with Crippen LogP contribution in [0, 0.1) is 0 Å². The van der Waals surface area contributed by atoms with E-state index in [-0.39, 0.29) is 12.0 Å². The Balaban J connectivity index is 2.53. The molecule has 114 valence electrons. The fourth-order valence-electron chi connectivity index (χ4n) is 1.56. The van der Waals surface area contributed by atoms with Crippen LogP contribution in [0.15, 0.2) is 24.3 Å². The molecule has 0 aromatic heterocycles. The van der Waals surface area contributed by atoms with Gasteiger partial charge in [0.1, 0.15) is 0 Å². The topological polar surface area (TPSA) is 98.5 Å². The van der Waals surface area contributed by atoms with Gasteiger partial charge in [0.2, 0.25) is 5.91 Å². The van der Waals surface area contributed by atoms with E-state index >= 15 is 0 Å². The van der Waals surface area contributed by atoms with Gasteiger partial charge in [-0.3, -0.25) is 9.59 Å². The summed E-state index contributed by atoms with van der Waals surface area (Å²) in [6.45, 7) is 5.49. The number of ether oxygens (including phenoxy) is 1. The van der Waals surface area contributed by atoms with Crippen LogP contribution in [0.1, 0.15) is 36.7 Å². The molecule has 0 aliphatic heterocycles. The van der Waals surface area contributed by atoms with Crippen LogP contribution in [-0.2, 0) is 19.7 Å². The molecule has 6 heteroatoms. The molecule has 0 aliphatic rings. The Morgan fingerprint density at radius 1 is 1.14 bits per heavy atom. The molecule has 0 saturated carbocycles. The maximum absolute atomic E-state index is 11.8. The Bertz CT molecular complexity index is 530. The highest BCUT2D eigenvalue weighted by Gasteiger charge is 2.15. The van der Waals surface area contributed by atoms with Gasteiger partial charge in [0.05, 0.1) is 12.1 Å². The molecule has 1 rings (SSSR count). The van der Waals surface area contributed by atoms with Crippen molar-refractivity contribution in [3.8, 4) is 0 Å². The summed E-state index contributed by atoms with van der Waals surface area (Å²) in [5.41, 5.74) is 6.33. The molecule has 0 saturated heterocycles. The molecule has 0 unspecified atom stereocenters. The fourth-order valence-corrected chi connectivity index (χ4v) is 1.56. The second-order valence-electron chi connectivity index (χ2n) is 5.65. The van der Waals surface area contributed by atoms with Crippen LogP contribution in [0.4, 0.5) is 0 Å². The Labute approximate surface area is 123 Å². The molecule has 1 aromatic carbocycles. The predicted octanol–water partition coefficient (Wildman–Crippen LogP) is 0.742. The van der Waals surface area contributed by atoms with Crippen LogP contribution in [0.5, 0.6) is 0 Å². The molecule has 0 bridgehead atoms. The van der Waals surface area contributed by atoms with Gasteiger partial charge in [0.25, 0.3) is 5.91 Å². The molecular formula is C15H20N2O4. The zero-order valence-corrected chi connectivity index (χ0v) is 12.4. The van der Waals surface area contributed by atoms with Gasteiger partial charge in [-0.2, -0.15) is 0 Å². The molecule has 0 aliphatic carbocycles. The van der Waals surface area contributed by atoms with Crippen LogP contribution in [0.25, 0.3) is 0 Å². The minimum absolute atomic E-state index is 0.00290. The zero-order chi connectivity index (χ0) is 16.0. The third kappa shape index (κ3) is 5.64. The Morgan fingerprint density at radius 2 is 1.71 bits per heavy atom. The average molecular weight is 292 g/mol. The molecule has 2 amide bonds. The highest BCUT2D eigenvalue weighted by Crippen LogP contribution is 2.22. The van der Waals surface area contributed by atoms with Crippen molar-refractivity contribution in [1.29, 1.82) is 0 Å². The summed E-state index contributed by atoms with van der Waals surface area (Å²) in [7, 11) is 0. The van der Waals surface area contributed by atoms with Gasteiger partial charge in [0.15, 0.2) is 6.61 Å². The third-order valence-electron chi connectivity index (χ3n) is 2.78. The lowest BCUT2D eigenvalue weighted by Gasteiger charge is -2.18. The van der Waals surface area contributed by atoms with E-state index in [0.29, 0.717) is 5.56 Å². The lowest BCUT2D eigenvalue weighted by Crippen LogP contribution is -2.35. The van der Waals surface area contributed by atoms with Gasteiger partial charge in [-0.15, -0.1) is 0 Å². The Kier molecular flexibility index (Phi) is 5.46. The van der Waals surface area contributed by atoms with Crippen LogP contribution in [-0.4, -0.2) is 30.9 Å². The summed E-state index contributed by atoms with van der Waals surface area (Å²) in [5, 5.41) is 2.23. The number of amides is 2. The van der Waals surface area contributed by atoms with Crippen molar-refractivity contribution < 1.29 is 19.1 Å². The number of primary amides is 1. The van der Waals surface area contributed by atoms with Crippen LogP contribution < -0.4 is 11.1 Å². The van der Waals surface area contributed by atoms with Crippen LogP contribution in [0.2, 0.25) is 0 Å². The summed E-state index contributed by atoms with van der Waals surface area (Å²) in [5.74, 6) is -1.83. The number of carbonyl (C=O) groups is 3. The minimum Gasteiger partial charge on any atom is -0.452 e. The summed E-state index contributed by atoms with van der Waals surface area (Å²) in [6, 6.07) is 7.02. The van der Waals surface area contributed by atoms with Crippen molar-refractivity contribution in [3.63, 3.8) is 0 Å². The van der Waals surface area contributed by atoms with E-state index < -0.39 is 24.4 Å². The molecular weight excluding hydrogens is 272 g/mol. The molecule has 21 heavy (non-hydrogen) atoms.